The number of nitrogens with zero attached hydrogens (tertiary/aromatic N) is 2. The molecule has 0 saturated heterocycles. The number of fused-ring (bicyclic) bond motifs is 1. The number of anilines is 1. The Morgan fingerprint density at radius 1 is 1.22 bits per heavy atom. The Kier molecular flexibility index (Phi) is 3.85. The Labute approximate surface area is 140 Å². The molecule has 1 aromatic carbocycles. The molecule has 1 fully saturated rings. The molecule has 1 atom stereocenters. The van der Waals surface area contributed by atoms with Crippen molar-refractivity contribution in [3.63, 3.8) is 0 Å². The van der Waals surface area contributed by atoms with Gasteiger partial charge in [0.1, 0.15) is 5.82 Å². The maximum absolute atomic E-state index is 12.2. The summed E-state index contributed by atoms with van der Waals surface area (Å²) < 4.78 is 28.9. The highest BCUT2D eigenvalue weighted by molar-refractivity contribution is 7.91. The van der Waals surface area contributed by atoms with Gasteiger partial charge >= 0.3 is 0 Å². The first kappa shape index (κ1) is 15.1. The van der Waals surface area contributed by atoms with Crippen LogP contribution in [-0.2, 0) is 9.84 Å². The topological polar surface area (TPSA) is 72.0 Å². The Bertz CT molecular complexity index is 810. The number of nitrogens with one attached hydrogen (secondary N) is 1. The normalized spacial score (nSPS) is 23.0. The molecular formula is C16H19N3O2S2. The minimum Gasteiger partial charge on any atom is -0.360 e. The fourth-order valence-corrected chi connectivity index (χ4v) is 6.12. The van der Waals surface area contributed by atoms with Crippen molar-refractivity contribution >= 4 is 26.5 Å². The molecule has 1 aliphatic heterocycles. The predicted octanol–water partition coefficient (Wildman–Crippen LogP) is 3.18. The highest BCUT2D eigenvalue weighted by atomic mass is 32.2. The van der Waals surface area contributed by atoms with Gasteiger partial charge in [0.25, 0.3) is 0 Å². The quantitative estimate of drug-likeness (QED) is 0.918. The summed E-state index contributed by atoms with van der Waals surface area (Å²) in [5.41, 5.74) is 0.917. The first-order valence-electron chi connectivity index (χ1n) is 8.02. The summed E-state index contributed by atoms with van der Waals surface area (Å²) in [5.74, 6) is 1.62. The molecule has 1 aliphatic carbocycles. The largest absolute Gasteiger partial charge is 0.360 e. The van der Waals surface area contributed by atoms with Gasteiger partial charge in [-0.15, -0.1) is 0 Å². The van der Waals surface area contributed by atoms with Crippen LogP contribution in [0.2, 0.25) is 0 Å². The van der Waals surface area contributed by atoms with Crippen LogP contribution >= 0.6 is 11.5 Å². The van der Waals surface area contributed by atoms with Crippen LogP contribution < -0.4 is 5.32 Å². The van der Waals surface area contributed by atoms with E-state index in [9.17, 15) is 8.42 Å². The van der Waals surface area contributed by atoms with E-state index in [4.69, 9.17) is 0 Å². The fourth-order valence-electron chi connectivity index (χ4n) is 3.58. The maximum Gasteiger partial charge on any atom is 0.202 e. The summed E-state index contributed by atoms with van der Waals surface area (Å²) >= 11 is 1.38. The van der Waals surface area contributed by atoms with E-state index in [0.717, 1.165) is 16.5 Å². The van der Waals surface area contributed by atoms with Gasteiger partial charge in [0.2, 0.25) is 5.13 Å². The van der Waals surface area contributed by atoms with Gasteiger partial charge in [-0.25, -0.2) is 13.4 Å². The standard InChI is InChI=1S/C16H19N3O2S2/c20-23(21)10-12(13-7-3-4-8-14(13)23)9-17-16-18-15(19-22-16)11-5-1-2-6-11/h3-4,7-8,11-12H,1-2,5-6,9-10H2,(H,17,18,19)/t12-/m0/s1. The van der Waals surface area contributed by atoms with Crippen LogP contribution in [0.25, 0.3) is 0 Å². The number of hydrogen-bond donors (Lipinski definition) is 1. The van der Waals surface area contributed by atoms with Crippen LogP contribution in [0.1, 0.15) is 48.9 Å². The molecular weight excluding hydrogens is 330 g/mol. The van der Waals surface area contributed by atoms with Gasteiger partial charge in [-0.05, 0) is 24.5 Å². The van der Waals surface area contributed by atoms with E-state index < -0.39 is 9.84 Å². The number of aromatic nitrogens is 2. The molecule has 1 N–H and O–H groups in total. The molecule has 1 saturated carbocycles. The van der Waals surface area contributed by atoms with Gasteiger partial charge in [-0.2, -0.15) is 4.37 Å². The Hall–Kier alpha value is -1.47. The molecule has 0 bridgehead atoms. The summed E-state index contributed by atoms with van der Waals surface area (Å²) in [6.07, 6.45) is 4.90. The molecule has 0 unspecified atom stereocenters. The molecule has 23 heavy (non-hydrogen) atoms. The smallest absolute Gasteiger partial charge is 0.202 e. The van der Waals surface area contributed by atoms with Gasteiger partial charge < -0.3 is 5.32 Å². The summed E-state index contributed by atoms with van der Waals surface area (Å²) in [6, 6.07) is 7.30. The van der Waals surface area contributed by atoms with Crippen LogP contribution in [0.5, 0.6) is 0 Å². The maximum atomic E-state index is 12.2. The SMILES string of the molecule is O=S1(=O)C[C@H](CNc2nc(C3CCCC3)ns2)c2ccccc21. The lowest BCUT2D eigenvalue weighted by Crippen LogP contribution is -2.14. The summed E-state index contributed by atoms with van der Waals surface area (Å²) in [4.78, 5) is 5.07. The average Bonchev–Trinajstić information content (AvgIpc) is 3.25. The molecule has 2 heterocycles. The van der Waals surface area contributed by atoms with Crippen molar-refractivity contribution < 1.29 is 8.42 Å². The zero-order chi connectivity index (χ0) is 15.9. The van der Waals surface area contributed by atoms with Crippen molar-refractivity contribution in [2.75, 3.05) is 17.6 Å². The lowest BCUT2D eigenvalue weighted by Gasteiger charge is -2.10. The third-order valence-corrected chi connectivity index (χ3v) is 7.35. The Balaban J connectivity index is 1.46. The van der Waals surface area contributed by atoms with Crippen LogP contribution in [0.15, 0.2) is 29.2 Å². The molecule has 0 radical (unpaired) electrons. The number of rotatable bonds is 4. The van der Waals surface area contributed by atoms with Gasteiger partial charge in [-0.1, -0.05) is 31.0 Å². The molecule has 122 valence electrons. The monoisotopic (exact) mass is 349 g/mol. The van der Waals surface area contributed by atoms with Crippen LogP contribution in [0.3, 0.4) is 0 Å². The third-order valence-electron chi connectivity index (χ3n) is 4.78. The number of hydrogen-bond acceptors (Lipinski definition) is 6. The van der Waals surface area contributed by atoms with Crippen molar-refractivity contribution in [3.05, 3.63) is 35.7 Å². The predicted molar refractivity (Wildman–Crippen MR) is 90.8 cm³/mol. The van der Waals surface area contributed by atoms with Gasteiger partial charge in [0, 0.05) is 29.9 Å². The molecule has 2 aromatic rings. The van der Waals surface area contributed by atoms with Gasteiger partial charge in [0.05, 0.1) is 10.6 Å². The first-order chi connectivity index (χ1) is 11.1. The lowest BCUT2D eigenvalue weighted by atomic mass is 10.0. The highest BCUT2D eigenvalue weighted by Crippen LogP contribution is 2.36. The van der Waals surface area contributed by atoms with E-state index in [1.807, 2.05) is 12.1 Å². The fraction of sp³-hybridized carbons (Fsp3) is 0.500. The minimum absolute atomic E-state index is 0.0185. The average molecular weight is 349 g/mol. The second-order valence-electron chi connectivity index (χ2n) is 6.34. The summed E-state index contributed by atoms with van der Waals surface area (Å²) in [5, 5.41) is 4.09. The van der Waals surface area contributed by atoms with Crippen LogP contribution in [0, 0.1) is 0 Å². The van der Waals surface area contributed by atoms with E-state index in [-0.39, 0.29) is 11.7 Å². The lowest BCUT2D eigenvalue weighted by molar-refractivity contribution is 0.598. The van der Waals surface area contributed by atoms with Crippen molar-refractivity contribution in [1.29, 1.82) is 0 Å². The molecule has 5 nitrogen and oxygen atoms in total. The second kappa shape index (κ2) is 5.87. The zero-order valence-electron chi connectivity index (χ0n) is 12.7. The Morgan fingerprint density at radius 3 is 2.83 bits per heavy atom. The molecule has 1 aromatic heterocycles. The second-order valence-corrected chi connectivity index (χ2v) is 9.09. The van der Waals surface area contributed by atoms with Crippen molar-refractivity contribution in [1.82, 2.24) is 9.36 Å². The minimum atomic E-state index is -3.14. The third kappa shape index (κ3) is 2.87. The molecule has 0 spiro atoms. The van der Waals surface area contributed by atoms with Crippen molar-refractivity contribution in [2.24, 2.45) is 0 Å². The van der Waals surface area contributed by atoms with Crippen LogP contribution in [0.4, 0.5) is 5.13 Å². The summed E-state index contributed by atoms with van der Waals surface area (Å²) in [7, 11) is -3.14. The number of benzene rings is 1. The number of sulfone groups is 1. The zero-order valence-corrected chi connectivity index (χ0v) is 14.4. The van der Waals surface area contributed by atoms with E-state index in [1.165, 1.54) is 37.2 Å². The Morgan fingerprint density at radius 2 is 2.00 bits per heavy atom. The van der Waals surface area contributed by atoms with Crippen molar-refractivity contribution in [3.8, 4) is 0 Å². The van der Waals surface area contributed by atoms with E-state index in [0.29, 0.717) is 17.4 Å². The molecule has 4 rings (SSSR count). The van der Waals surface area contributed by atoms with Gasteiger partial charge in [-0.3, -0.25) is 0 Å². The van der Waals surface area contributed by atoms with Gasteiger partial charge in [0.15, 0.2) is 9.84 Å². The molecule has 2 aliphatic rings. The summed E-state index contributed by atoms with van der Waals surface area (Å²) in [6.45, 7) is 0.579. The first-order valence-corrected chi connectivity index (χ1v) is 10.5. The van der Waals surface area contributed by atoms with Crippen LogP contribution in [-0.4, -0.2) is 30.1 Å². The molecule has 7 heteroatoms. The van der Waals surface area contributed by atoms with E-state index >= 15 is 0 Å². The van der Waals surface area contributed by atoms with E-state index in [2.05, 4.69) is 14.7 Å². The highest BCUT2D eigenvalue weighted by Gasteiger charge is 2.34. The molecule has 0 amide bonds. The van der Waals surface area contributed by atoms with Crippen molar-refractivity contribution in [2.45, 2.75) is 42.4 Å². The van der Waals surface area contributed by atoms with E-state index in [1.54, 1.807) is 12.1 Å².